The van der Waals surface area contributed by atoms with E-state index in [0.717, 1.165) is 25.2 Å². The number of benzene rings is 2. The highest BCUT2D eigenvalue weighted by Gasteiger charge is 2.31. The number of thiocarbonyl (C=S) groups is 1. The van der Waals surface area contributed by atoms with Gasteiger partial charge in [0, 0.05) is 38.3 Å². The van der Waals surface area contributed by atoms with Crippen molar-refractivity contribution in [2.24, 2.45) is 0 Å². The van der Waals surface area contributed by atoms with Crippen LogP contribution in [0.4, 0.5) is 23.2 Å². The number of hydrogen-bond donors (Lipinski definition) is 1. The Bertz CT molecular complexity index is 906. The highest BCUT2D eigenvalue weighted by molar-refractivity contribution is 7.80. The van der Waals surface area contributed by atoms with Crippen LogP contribution in [0.15, 0.2) is 42.5 Å². The zero-order chi connectivity index (χ0) is 22.4. The molecule has 0 unspecified atom stereocenters. The van der Waals surface area contributed by atoms with Gasteiger partial charge in [-0.1, -0.05) is 29.8 Å². The SMILES string of the molecule is Fc1ccccc1CN(CCN1CCOCC1)C(=S)Nc1cc(C(F)(F)F)ccc1Cl. The van der Waals surface area contributed by atoms with Gasteiger partial charge in [-0.2, -0.15) is 13.2 Å². The van der Waals surface area contributed by atoms with Crippen LogP contribution in [0.25, 0.3) is 0 Å². The molecule has 0 bridgehead atoms. The first-order chi connectivity index (χ1) is 14.7. The fraction of sp³-hybridized carbons (Fsp3) is 0.381. The van der Waals surface area contributed by atoms with Gasteiger partial charge in [-0.15, -0.1) is 0 Å². The van der Waals surface area contributed by atoms with E-state index in [4.69, 9.17) is 28.6 Å². The van der Waals surface area contributed by atoms with Crippen LogP contribution in [0, 0.1) is 5.82 Å². The van der Waals surface area contributed by atoms with Gasteiger partial charge in [-0.25, -0.2) is 4.39 Å². The predicted molar refractivity (Wildman–Crippen MR) is 117 cm³/mol. The van der Waals surface area contributed by atoms with E-state index in [0.29, 0.717) is 31.9 Å². The molecule has 0 radical (unpaired) electrons. The smallest absolute Gasteiger partial charge is 0.379 e. The van der Waals surface area contributed by atoms with Gasteiger partial charge < -0.3 is 15.0 Å². The molecule has 0 aliphatic carbocycles. The number of hydrogen-bond acceptors (Lipinski definition) is 3. The molecule has 0 amide bonds. The van der Waals surface area contributed by atoms with E-state index in [1.165, 1.54) is 12.1 Å². The Morgan fingerprint density at radius 3 is 2.55 bits per heavy atom. The van der Waals surface area contributed by atoms with E-state index in [2.05, 4.69) is 10.2 Å². The number of nitrogens with zero attached hydrogens (tertiary/aromatic N) is 2. The summed E-state index contributed by atoms with van der Waals surface area (Å²) in [7, 11) is 0. The molecule has 0 saturated carbocycles. The lowest BCUT2D eigenvalue weighted by Crippen LogP contribution is -2.44. The Morgan fingerprint density at radius 2 is 1.87 bits per heavy atom. The van der Waals surface area contributed by atoms with Gasteiger partial charge in [-0.3, -0.25) is 4.90 Å². The van der Waals surface area contributed by atoms with Crippen molar-refractivity contribution in [1.29, 1.82) is 0 Å². The molecule has 1 fully saturated rings. The zero-order valence-corrected chi connectivity index (χ0v) is 18.2. The highest BCUT2D eigenvalue weighted by Crippen LogP contribution is 2.34. The van der Waals surface area contributed by atoms with E-state index >= 15 is 0 Å². The molecule has 4 nitrogen and oxygen atoms in total. The number of alkyl halides is 3. The van der Waals surface area contributed by atoms with Crippen LogP contribution in [0.1, 0.15) is 11.1 Å². The molecule has 1 aliphatic rings. The minimum atomic E-state index is -4.51. The summed E-state index contributed by atoms with van der Waals surface area (Å²) in [6, 6.07) is 9.31. The molecule has 168 valence electrons. The van der Waals surface area contributed by atoms with Gasteiger partial charge in [0.25, 0.3) is 0 Å². The number of nitrogens with one attached hydrogen (secondary N) is 1. The lowest BCUT2D eigenvalue weighted by molar-refractivity contribution is -0.137. The van der Waals surface area contributed by atoms with Crippen molar-refractivity contribution in [2.45, 2.75) is 12.7 Å². The largest absolute Gasteiger partial charge is 0.416 e. The van der Waals surface area contributed by atoms with Crippen LogP contribution in [-0.2, 0) is 17.5 Å². The summed E-state index contributed by atoms with van der Waals surface area (Å²) in [6.45, 7) is 4.08. The second-order valence-electron chi connectivity index (χ2n) is 7.09. The van der Waals surface area contributed by atoms with E-state index in [-0.39, 0.29) is 28.2 Å². The maximum Gasteiger partial charge on any atom is 0.416 e. The van der Waals surface area contributed by atoms with Gasteiger partial charge >= 0.3 is 6.18 Å². The number of anilines is 1. The van der Waals surface area contributed by atoms with E-state index in [9.17, 15) is 17.6 Å². The quantitative estimate of drug-likeness (QED) is 0.467. The molecule has 1 aliphatic heterocycles. The normalized spacial score (nSPS) is 15.0. The lowest BCUT2D eigenvalue weighted by atomic mass is 10.2. The third kappa shape index (κ3) is 6.77. The summed E-state index contributed by atoms with van der Waals surface area (Å²) in [6.07, 6.45) is -4.51. The van der Waals surface area contributed by atoms with Crippen LogP contribution in [0.3, 0.4) is 0 Å². The Balaban J connectivity index is 1.77. The summed E-state index contributed by atoms with van der Waals surface area (Å²) in [4.78, 5) is 3.91. The Hall–Kier alpha value is -1.94. The second kappa shape index (κ2) is 10.6. The topological polar surface area (TPSA) is 27.7 Å². The van der Waals surface area contributed by atoms with Crippen molar-refractivity contribution in [3.8, 4) is 0 Å². The van der Waals surface area contributed by atoms with Crippen LogP contribution < -0.4 is 5.32 Å². The van der Waals surface area contributed by atoms with Crippen molar-refractivity contribution in [1.82, 2.24) is 9.80 Å². The summed E-state index contributed by atoms with van der Waals surface area (Å²) in [5.74, 6) is -0.376. The molecule has 0 aromatic heterocycles. The average Bonchev–Trinajstić information content (AvgIpc) is 2.73. The van der Waals surface area contributed by atoms with Gasteiger partial charge in [0.1, 0.15) is 5.82 Å². The van der Waals surface area contributed by atoms with E-state index in [1.54, 1.807) is 23.1 Å². The van der Waals surface area contributed by atoms with Gasteiger partial charge in [-0.05, 0) is 36.5 Å². The first kappa shape index (κ1) is 23.7. The Labute approximate surface area is 188 Å². The van der Waals surface area contributed by atoms with Gasteiger partial charge in [0.05, 0.1) is 29.5 Å². The van der Waals surface area contributed by atoms with Crippen molar-refractivity contribution < 1.29 is 22.3 Å². The minimum absolute atomic E-state index is 0.0476. The number of morpholine rings is 1. The lowest BCUT2D eigenvalue weighted by Gasteiger charge is -2.31. The van der Waals surface area contributed by atoms with Gasteiger partial charge in [0.2, 0.25) is 0 Å². The van der Waals surface area contributed by atoms with Crippen molar-refractivity contribution in [2.75, 3.05) is 44.7 Å². The summed E-state index contributed by atoms with van der Waals surface area (Å²) in [5, 5.41) is 3.08. The van der Waals surface area contributed by atoms with Crippen molar-refractivity contribution >= 4 is 34.6 Å². The highest BCUT2D eigenvalue weighted by atomic mass is 35.5. The molecular formula is C21H22ClF4N3OS. The summed E-state index contributed by atoms with van der Waals surface area (Å²) < 4.78 is 58.8. The molecule has 1 heterocycles. The molecule has 10 heteroatoms. The molecule has 3 rings (SSSR count). The molecule has 1 saturated heterocycles. The number of rotatable bonds is 6. The Morgan fingerprint density at radius 1 is 1.16 bits per heavy atom. The van der Waals surface area contributed by atoms with E-state index in [1.807, 2.05) is 0 Å². The van der Waals surface area contributed by atoms with Crippen LogP contribution >= 0.6 is 23.8 Å². The first-order valence-electron chi connectivity index (χ1n) is 9.70. The molecule has 0 atom stereocenters. The average molecular weight is 476 g/mol. The number of ether oxygens (including phenoxy) is 1. The monoisotopic (exact) mass is 475 g/mol. The fourth-order valence-electron chi connectivity index (χ4n) is 3.16. The first-order valence-corrected chi connectivity index (χ1v) is 10.5. The van der Waals surface area contributed by atoms with Crippen molar-refractivity contribution in [3.05, 3.63) is 64.4 Å². The minimum Gasteiger partial charge on any atom is -0.379 e. The van der Waals surface area contributed by atoms with Gasteiger partial charge in [0.15, 0.2) is 5.11 Å². The van der Waals surface area contributed by atoms with Crippen LogP contribution in [0.5, 0.6) is 0 Å². The molecule has 0 spiro atoms. The summed E-state index contributed by atoms with van der Waals surface area (Å²) >= 11 is 11.6. The predicted octanol–water partition coefficient (Wildman–Crippen LogP) is 5.03. The molecule has 1 N–H and O–H groups in total. The van der Waals surface area contributed by atoms with Crippen LogP contribution in [-0.4, -0.2) is 54.3 Å². The molecule has 2 aromatic carbocycles. The third-order valence-electron chi connectivity index (χ3n) is 4.93. The molecule has 2 aromatic rings. The van der Waals surface area contributed by atoms with Crippen molar-refractivity contribution in [3.63, 3.8) is 0 Å². The maximum atomic E-state index is 14.2. The fourth-order valence-corrected chi connectivity index (χ4v) is 3.59. The summed E-state index contributed by atoms with van der Waals surface area (Å²) in [5.41, 5.74) is -0.355. The molecular weight excluding hydrogens is 454 g/mol. The second-order valence-corrected chi connectivity index (χ2v) is 7.88. The molecule has 31 heavy (non-hydrogen) atoms. The standard InChI is InChI=1S/C21H22ClF4N3OS/c22-17-6-5-16(21(24,25)26)13-19(17)27-20(31)29(8-7-28-9-11-30-12-10-28)14-15-3-1-2-4-18(15)23/h1-6,13H,7-12,14H2,(H,27,31). The number of halogens is 5. The zero-order valence-electron chi connectivity index (χ0n) is 16.6. The maximum absolute atomic E-state index is 14.2. The van der Waals surface area contributed by atoms with Crippen LogP contribution in [0.2, 0.25) is 5.02 Å². The van der Waals surface area contributed by atoms with E-state index < -0.39 is 11.7 Å². The third-order valence-corrected chi connectivity index (χ3v) is 5.62. The Kier molecular flexibility index (Phi) is 8.10.